The molecule has 4 rings (SSSR count). The largest absolute Gasteiger partial charge is 0.342 e. The number of nitrogens with one attached hydrogen (secondary N) is 1. The molecule has 126 valence electrons. The highest BCUT2D eigenvalue weighted by Crippen LogP contribution is 2.50. The summed E-state index contributed by atoms with van der Waals surface area (Å²) in [5, 5.41) is 7.87. The normalized spacial score (nSPS) is 19.5. The fraction of sp³-hybridized carbons (Fsp3) is 0.500. The van der Waals surface area contributed by atoms with Crippen LogP contribution in [0.1, 0.15) is 43.4 Å². The molecule has 2 aromatic rings. The maximum absolute atomic E-state index is 13.1. The van der Waals surface area contributed by atoms with Crippen LogP contribution < -0.4 is 11.3 Å². The third kappa shape index (κ3) is 2.33. The van der Waals surface area contributed by atoms with E-state index in [1.54, 1.807) is 6.07 Å². The van der Waals surface area contributed by atoms with Crippen LogP contribution >= 0.6 is 0 Å². The molecular formula is C18H22N4O2. The van der Waals surface area contributed by atoms with Gasteiger partial charge in [-0.2, -0.15) is 5.10 Å². The molecule has 3 N–H and O–H groups in total. The molecule has 1 aliphatic heterocycles. The van der Waals surface area contributed by atoms with Crippen LogP contribution in [0.2, 0.25) is 0 Å². The highest BCUT2D eigenvalue weighted by molar-refractivity contribution is 5.93. The Balaban J connectivity index is 1.76. The summed E-state index contributed by atoms with van der Waals surface area (Å²) < 4.78 is 0. The topological polar surface area (TPSA) is 92.1 Å². The number of nitrogens with two attached hydrogens (primary N) is 1. The number of hydrogen-bond acceptors (Lipinski definition) is 4. The van der Waals surface area contributed by atoms with Crippen LogP contribution in [0.5, 0.6) is 0 Å². The second-order valence-electron chi connectivity index (χ2n) is 6.90. The zero-order valence-electron chi connectivity index (χ0n) is 13.7. The first-order valence-electron chi connectivity index (χ1n) is 8.67. The minimum Gasteiger partial charge on any atom is -0.342 e. The summed E-state index contributed by atoms with van der Waals surface area (Å²) in [7, 11) is 0. The lowest BCUT2D eigenvalue weighted by molar-refractivity contribution is -0.134. The molecule has 2 heterocycles. The fourth-order valence-electron chi connectivity index (χ4n) is 3.82. The molecule has 0 unspecified atom stereocenters. The minimum atomic E-state index is -0.403. The Morgan fingerprint density at radius 2 is 1.96 bits per heavy atom. The second-order valence-corrected chi connectivity index (χ2v) is 6.90. The molecule has 6 heteroatoms. The maximum Gasteiger partial charge on any atom is 0.272 e. The van der Waals surface area contributed by atoms with Gasteiger partial charge in [0, 0.05) is 25.0 Å². The van der Waals surface area contributed by atoms with Crippen LogP contribution in [0.25, 0.3) is 10.8 Å². The van der Waals surface area contributed by atoms with Crippen molar-refractivity contribution in [3.63, 3.8) is 0 Å². The Bertz CT molecular complexity index is 848. The van der Waals surface area contributed by atoms with Gasteiger partial charge in [-0.05, 0) is 49.8 Å². The zero-order chi connectivity index (χ0) is 16.7. The number of H-pyrrole nitrogens is 1. The van der Waals surface area contributed by atoms with E-state index >= 15 is 0 Å². The molecule has 1 aromatic carbocycles. The van der Waals surface area contributed by atoms with Crippen molar-refractivity contribution in [2.45, 2.75) is 44.1 Å². The van der Waals surface area contributed by atoms with Gasteiger partial charge in [0.25, 0.3) is 5.56 Å². The lowest BCUT2D eigenvalue weighted by Crippen LogP contribution is -2.42. The van der Waals surface area contributed by atoms with Crippen LogP contribution in [-0.2, 0) is 16.8 Å². The number of amides is 1. The van der Waals surface area contributed by atoms with E-state index in [0.29, 0.717) is 11.1 Å². The Morgan fingerprint density at radius 3 is 2.62 bits per heavy atom. The molecule has 1 aliphatic carbocycles. The third-order valence-electron chi connectivity index (χ3n) is 5.42. The number of aromatic amines is 1. The predicted molar refractivity (Wildman–Crippen MR) is 91.6 cm³/mol. The van der Waals surface area contributed by atoms with E-state index in [-0.39, 0.29) is 18.0 Å². The summed E-state index contributed by atoms with van der Waals surface area (Å²) >= 11 is 0. The molecule has 6 nitrogen and oxygen atoms in total. The number of likely N-dealkylation sites (tertiary alicyclic amines) is 1. The molecule has 1 saturated carbocycles. The number of aromatic nitrogens is 2. The molecule has 1 aromatic heterocycles. The maximum atomic E-state index is 13.1. The SMILES string of the molecule is NCc1n[nH]c(=O)c2ccc(C3(C(=O)N4CCCCC4)CC3)cc12. The molecule has 0 spiro atoms. The lowest BCUT2D eigenvalue weighted by Gasteiger charge is -2.31. The van der Waals surface area contributed by atoms with Crippen molar-refractivity contribution in [2.24, 2.45) is 5.73 Å². The van der Waals surface area contributed by atoms with Gasteiger partial charge in [-0.25, -0.2) is 5.10 Å². The van der Waals surface area contributed by atoms with Crippen molar-refractivity contribution in [2.75, 3.05) is 13.1 Å². The second kappa shape index (κ2) is 5.70. The minimum absolute atomic E-state index is 0.221. The van der Waals surface area contributed by atoms with E-state index in [9.17, 15) is 9.59 Å². The number of nitrogens with zero attached hydrogens (tertiary/aromatic N) is 2. The smallest absolute Gasteiger partial charge is 0.272 e. The number of rotatable bonds is 3. The molecule has 2 fully saturated rings. The number of carbonyl (C=O) groups is 1. The van der Waals surface area contributed by atoms with Crippen molar-refractivity contribution in [1.82, 2.24) is 15.1 Å². The van der Waals surface area contributed by atoms with E-state index < -0.39 is 5.41 Å². The molecular weight excluding hydrogens is 304 g/mol. The van der Waals surface area contributed by atoms with Crippen molar-refractivity contribution < 1.29 is 4.79 Å². The first-order valence-corrected chi connectivity index (χ1v) is 8.67. The van der Waals surface area contributed by atoms with E-state index in [4.69, 9.17) is 5.73 Å². The lowest BCUT2D eigenvalue weighted by atomic mass is 9.91. The number of benzene rings is 1. The van der Waals surface area contributed by atoms with Crippen molar-refractivity contribution in [1.29, 1.82) is 0 Å². The van der Waals surface area contributed by atoms with Crippen LogP contribution in [0, 0.1) is 0 Å². The first kappa shape index (κ1) is 15.3. The summed E-state index contributed by atoms with van der Waals surface area (Å²) in [5.74, 6) is 0.244. The predicted octanol–water partition coefficient (Wildman–Crippen LogP) is 1.43. The molecule has 1 saturated heterocycles. The summed E-state index contributed by atoms with van der Waals surface area (Å²) in [6.45, 7) is 1.98. The van der Waals surface area contributed by atoms with Crippen molar-refractivity contribution >= 4 is 16.7 Å². The van der Waals surface area contributed by atoms with Gasteiger partial charge in [0.15, 0.2) is 0 Å². The standard InChI is InChI=1S/C18H22N4O2/c19-11-15-14-10-12(4-5-13(14)16(23)21-20-15)18(6-7-18)17(24)22-8-2-1-3-9-22/h4-5,10H,1-3,6-9,11,19H2,(H,21,23). The van der Waals surface area contributed by atoms with E-state index in [1.165, 1.54) is 6.42 Å². The highest BCUT2D eigenvalue weighted by Gasteiger charge is 2.53. The van der Waals surface area contributed by atoms with Gasteiger partial charge in [0.1, 0.15) is 0 Å². The Labute approximate surface area is 140 Å². The summed E-state index contributed by atoms with van der Waals surface area (Å²) in [6, 6.07) is 5.68. The quantitative estimate of drug-likeness (QED) is 0.892. The molecule has 0 bridgehead atoms. The number of hydrogen-bond donors (Lipinski definition) is 2. The molecule has 2 aliphatic rings. The van der Waals surface area contributed by atoms with Gasteiger partial charge < -0.3 is 10.6 Å². The van der Waals surface area contributed by atoms with Crippen LogP contribution in [0.4, 0.5) is 0 Å². The number of piperidine rings is 1. The average Bonchev–Trinajstić information content (AvgIpc) is 3.44. The van der Waals surface area contributed by atoms with E-state index in [2.05, 4.69) is 10.2 Å². The molecule has 1 amide bonds. The highest BCUT2D eigenvalue weighted by atomic mass is 16.2. The van der Waals surface area contributed by atoms with Gasteiger partial charge in [-0.3, -0.25) is 9.59 Å². The Kier molecular flexibility index (Phi) is 3.64. The molecule has 0 atom stereocenters. The van der Waals surface area contributed by atoms with Gasteiger partial charge in [0.2, 0.25) is 5.91 Å². The van der Waals surface area contributed by atoms with Gasteiger partial charge in [-0.1, -0.05) is 6.07 Å². The number of fused-ring (bicyclic) bond motifs is 1. The monoisotopic (exact) mass is 326 g/mol. The Morgan fingerprint density at radius 1 is 1.21 bits per heavy atom. The van der Waals surface area contributed by atoms with E-state index in [1.807, 2.05) is 17.0 Å². The molecule has 24 heavy (non-hydrogen) atoms. The van der Waals surface area contributed by atoms with E-state index in [0.717, 1.165) is 49.7 Å². The summed E-state index contributed by atoms with van der Waals surface area (Å²) in [5.41, 5.74) is 6.79. The van der Waals surface area contributed by atoms with Gasteiger partial charge in [0.05, 0.1) is 16.5 Å². The van der Waals surface area contributed by atoms with Crippen LogP contribution in [-0.4, -0.2) is 34.1 Å². The van der Waals surface area contributed by atoms with Crippen LogP contribution in [0.15, 0.2) is 23.0 Å². The zero-order valence-corrected chi connectivity index (χ0v) is 13.7. The fourth-order valence-corrected chi connectivity index (χ4v) is 3.82. The average molecular weight is 326 g/mol. The van der Waals surface area contributed by atoms with Crippen molar-refractivity contribution in [3.05, 3.63) is 39.8 Å². The summed E-state index contributed by atoms with van der Waals surface area (Å²) in [6.07, 6.45) is 5.15. The van der Waals surface area contributed by atoms with Crippen molar-refractivity contribution in [3.8, 4) is 0 Å². The molecule has 0 radical (unpaired) electrons. The number of carbonyl (C=O) groups excluding carboxylic acids is 1. The van der Waals surface area contributed by atoms with Crippen LogP contribution in [0.3, 0.4) is 0 Å². The Hall–Kier alpha value is -2.21. The first-order chi connectivity index (χ1) is 11.7. The third-order valence-corrected chi connectivity index (χ3v) is 5.42. The van der Waals surface area contributed by atoms with Gasteiger partial charge in [-0.15, -0.1) is 0 Å². The summed E-state index contributed by atoms with van der Waals surface area (Å²) in [4.78, 5) is 27.0. The van der Waals surface area contributed by atoms with Gasteiger partial charge >= 0.3 is 0 Å².